The second-order valence-corrected chi connectivity index (χ2v) is 6.95. The van der Waals surface area contributed by atoms with Gasteiger partial charge in [0.1, 0.15) is 0 Å². The predicted octanol–water partition coefficient (Wildman–Crippen LogP) is 3.02. The fraction of sp³-hybridized carbons (Fsp3) is 0.650. The topological polar surface area (TPSA) is 49.6 Å². The Morgan fingerprint density at radius 3 is 2.46 bits per heavy atom. The second-order valence-electron chi connectivity index (χ2n) is 6.95. The molecule has 134 valence electrons. The third-order valence-corrected chi connectivity index (χ3v) is 5.09. The van der Waals surface area contributed by atoms with Gasteiger partial charge in [-0.05, 0) is 37.8 Å². The minimum atomic E-state index is 0.309. The summed E-state index contributed by atoms with van der Waals surface area (Å²) in [5.74, 6) is 0.309. The molecule has 0 aliphatic carbocycles. The van der Waals surface area contributed by atoms with E-state index in [1.165, 1.54) is 5.56 Å². The molecule has 24 heavy (non-hydrogen) atoms. The van der Waals surface area contributed by atoms with Crippen LogP contribution in [0.2, 0.25) is 0 Å². The zero-order chi connectivity index (χ0) is 17.2. The number of hydrogen-bond donors (Lipinski definition) is 1. The molecule has 1 aromatic rings. The van der Waals surface area contributed by atoms with Gasteiger partial charge in [-0.3, -0.25) is 9.69 Å². The highest BCUT2D eigenvalue weighted by molar-refractivity contribution is 5.76. The smallest absolute Gasteiger partial charge is 0.222 e. The minimum Gasteiger partial charge on any atom is -0.343 e. The first-order valence-corrected chi connectivity index (χ1v) is 9.42. The average Bonchev–Trinajstić information content (AvgIpc) is 2.62. The van der Waals surface area contributed by atoms with Gasteiger partial charge in [0.15, 0.2) is 0 Å². The van der Waals surface area contributed by atoms with Gasteiger partial charge in [-0.2, -0.15) is 0 Å². The number of nitrogens with two attached hydrogens (primary N) is 1. The summed E-state index contributed by atoms with van der Waals surface area (Å²) >= 11 is 0. The van der Waals surface area contributed by atoms with E-state index in [-0.39, 0.29) is 0 Å². The van der Waals surface area contributed by atoms with Gasteiger partial charge in [0.25, 0.3) is 0 Å². The van der Waals surface area contributed by atoms with Gasteiger partial charge in [-0.25, -0.2) is 0 Å². The molecule has 0 atom stereocenters. The quantitative estimate of drug-likeness (QED) is 0.708. The molecule has 0 saturated carbocycles. The van der Waals surface area contributed by atoms with Crippen molar-refractivity contribution in [1.82, 2.24) is 9.80 Å². The van der Waals surface area contributed by atoms with Gasteiger partial charge in [0, 0.05) is 39.1 Å². The second kappa shape index (κ2) is 10.5. The Hall–Kier alpha value is -1.39. The highest BCUT2D eigenvalue weighted by atomic mass is 16.2. The molecule has 1 fully saturated rings. The minimum absolute atomic E-state index is 0.309. The molecule has 0 radical (unpaired) electrons. The van der Waals surface area contributed by atoms with Crippen LogP contribution >= 0.6 is 0 Å². The third-order valence-electron chi connectivity index (χ3n) is 5.09. The number of unbranched alkanes of at least 4 members (excludes halogenated alkanes) is 3. The molecular formula is C20H33N3O. The Bertz CT molecular complexity index is 469. The van der Waals surface area contributed by atoms with Crippen molar-refractivity contribution < 1.29 is 4.79 Å². The van der Waals surface area contributed by atoms with Crippen molar-refractivity contribution in [2.45, 2.75) is 57.5 Å². The van der Waals surface area contributed by atoms with Gasteiger partial charge in [0.05, 0.1) is 0 Å². The lowest BCUT2D eigenvalue weighted by atomic mass is 10.0. The zero-order valence-electron chi connectivity index (χ0n) is 15.1. The molecule has 0 bridgehead atoms. The van der Waals surface area contributed by atoms with Gasteiger partial charge in [0.2, 0.25) is 5.91 Å². The maximum Gasteiger partial charge on any atom is 0.222 e. The van der Waals surface area contributed by atoms with E-state index in [4.69, 9.17) is 5.73 Å². The molecule has 0 aromatic heterocycles. The number of carbonyl (C=O) groups excluding carboxylic acids is 1. The maximum atomic E-state index is 12.3. The van der Waals surface area contributed by atoms with Crippen molar-refractivity contribution in [2.75, 3.05) is 26.7 Å². The van der Waals surface area contributed by atoms with Crippen molar-refractivity contribution in [2.24, 2.45) is 5.73 Å². The fourth-order valence-electron chi connectivity index (χ4n) is 3.46. The summed E-state index contributed by atoms with van der Waals surface area (Å²) < 4.78 is 0. The summed E-state index contributed by atoms with van der Waals surface area (Å²) in [6.07, 6.45) is 7.19. The SMILES string of the molecule is CN(C(=O)CCCCCCN)C1CCN(Cc2ccccc2)CC1. The van der Waals surface area contributed by atoms with Gasteiger partial charge >= 0.3 is 0 Å². The van der Waals surface area contributed by atoms with Crippen molar-refractivity contribution in [3.8, 4) is 0 Å². The number of amides is 1. The Morgan fingerprint density at radius 1 is 1.12 bits per heavy atom. The van der Waals surface area contributed by atoms with E-state index in [2.05, 4.69) is 35.2 Å². The van der Waals surface area contributed by atoms with Crippen LogP contribution in [0, 0.1) is 0 Å². The highest BCUT2D eigenvalue weighted by Crippen LogP contribution is 2.18. The van der Waals surface area contributed by atoms with E-state index in [9.17, 15) is 4.79 Å². The van der Waals surface area contributed by atoms with E-state index in [0.29, 0.717) is 18.4 Å². The molecule has 1 aromatic carbocycles. The predicted molar refractivity (Wildman–Crippen MR) is 99.7 cm³/mol. The van der Waals surface area contributed by atoms with Crippen LogP contribution in [0.15, 0.2) is 30.3 Å². The third kappa shape index (κ3) is 6.25. The first-order chi connectivity index (χ1) is 11.7. The molecule has 0 unspecified atom stereocenters. The number of nitrogens with zero attached hydrogens (tertiary/aromatic N) is 2. The van der Waals surface area contributed by atoms with E-state index in [0.717, 1.165) is 64.7 Å². The number of likely N-dealkylation sites (tertiary alicyclic amines) is 1. The summed E-state index contributed by atoms with van der Waals surface area (Å²) in [6.45, 7) is 3.93. The van der Waals surface area contributed by atoms with E-state index in [1.54, 1.807) is 0 Å². The lowest BCUT2D eigenvalue weighted by Gasteiger charge is -2.37. The van der Waals surface area contributed by atoms with Gasteiger partial charge in [-0.15, -0.1) is 0 Å². The van der Waals surface area contributed by atoms with E-state index >= 15 is 0 Å². The Kier molecular flexibility index (Phi) is 8.26. The zero-order valence-corrected chi connectivity index (χ0v) is 15.1. The van der Waals surface area contributed by atoms with E-state index in [1.807, 2.05) is 11.9 Å². The summed E-state index contributed by atoms with van der Waals surface area (Å²) in [6, 6.07) is 11.0. The van der Waals surface area contributed by atoms with Crippen LogP contribution in [0.5, 0.6) is 0 Å². The van der Waals surface area contributed by atoms with Crippen LogP contribution in [0.1, 0.15) is 50.5 Å². The van der Waals surface area contributed by atoms with Crippen molar-refractivity contribution >= 4 is 5.91 Å². The molecule has 1 saturated heterocycles. The molecule has 1 heterocycles. The van der Waals surface area contributed by atoms with Crippen LogP contribution in [-0.2, 0) is 11.3 Å². The van der Waals surface area contributed by atoms with Crippen molar-refractivity contribution in [1.29, 1.82) is 0 Å². The molecular weight excluding hydrogens is 298 g/mol. The van der Waals surface area contributed by atoms with Gasteiger partial charge < -0.3 is 10.6 Å². The number of benzene rings is 1. The van der Waals surface area contributed by atoms with Crippen molar-refractivity contribution in [3.05, 3.63) is 35.9 Å². The average molecular weight is 332 g/mol. The van der Waals surface area contributed by atoms with Crippen LogP contribution in [0.3, 0.4) is 0 Å². The van der Waals surface area contributed by atoms with Gasteiger partial charge in [-0.1, -0.05) is 43.2 Å². The van der Waals surface area contributed by atoms with Crippen LogP contribution in [0.25, 0.3) is 0 Å². The standard InChI is InChI=1S/C20H33N3O/c1-22(20(24)11-7-2-3-8-14-21)19-12-15-23(16-13-19)17-18-9-5-4-6-10-18/h4-6,9-10,19H,2-3,7-8,11-17,21H2,1H3. The fourth-order valence-corrected chi connectivity index (χ4v) is 3.46. The normalized spacial score (nSPS) is 16.2. The number of rotatable bonds is 9. The summed E-state index contributed by atoms with van der Waals surface area (Å²) in [5.41, 5.74) is 6.87. The van der Waals surface area contributed by atoms with Crippen LogP contribution < -0.4 is 5.73 Å². The lowest BCUT2D eigenvalue weighted by Crippen LogP contribution is -2.45. The Morgan fingerprint density at radius 2 is 1.79 bits per heavy atom. The molecule has 2 N–H and O–H groups in total. The lowest BCUT2D eigenvalue weighted by molar-refractivity contribution is -0.133. The number of hydrogen-bond acceptors (Lipinski definition) is 3. The highest BCUT2D eigenvalue weighted by Gasteiger charge is 2.24. The molecule has 1 aliphatic heterocycles. The largest absolute Gasteiger partial charge is 0.343 e. The Balaban J connectivity index is 1.66. The monoisotopic (exact) mass is 331 g/mol. The number of piperidine rings is 1. The molecule has 1 aliphatic rings. The van der Waals surface area contributed by atoms with Crippen LogP contribution in [0.4, 0.5) is 0 Å². The van der Waals surface area contributed by atoms with Crippen molar-refractivity contribution in [3.63, 3.8) is 0 Å². The summed E-state index contributed by atoms with van der Waals surface area (Å²) in [5, 5.41) is 0. The van der Waals surface area contributed by atoms with E-state index < -0.39 is 0 Å². The molecule has 2 rings (SSSR count). The summed E-state index contributed by atoms with van der Waals surface area (Å²) in [7, 11) is 1.99. The first-order valence-electron chi connectivity index (χ1n) is 9.42. The molecule has 4 heteroatoms. The first kappa shape index (κ1) is 18.9. The van der Waals surface area contributed by atoms with Crippen LogP contribution in [-0.4, -0.2) is 48.4 Å². The molecule has 1 amide bonds. The molecule has 4 nitrogen and oxygen atoms in total. The summed E-state index contributed by atoms with van der Waals surface area (Å²) in [4.78, 5) is 16.8. The number of carbonyl (C=O) groups is 1. The Labute approximate surface area is 147 Å². The maximum absolute atomic E-state index is 12.3. The molecule has 0 spiro atoms.